The first kappa shape index (κ1) is 20.0. The van der Waals surface area contributed by atoms with Crippen molar-refractivity contribution in [3.05, 3.63) is 59.4 Å². The van der Waals surface area contributed by atoms with E-state index in [0.717, 1.165) is 38.4 Å². The van der Waals surface area contributed by atoms with E-state index in [1.165, 1.54) is 11.3 Å². The number of carbonyl (C=O) groups is 1. The van der Waals surface area contributed by atoms with E-state index in [4.69, 9.17) is 4.74 Å². The summed E-state index contributed by atoms with van der Waals surface area (Å²) in [4.78, 5) is 13.4. The summed E-state index contributed by atoms with van der Waals surface area (Å²) >= 11 is 1.48. The van der Waals surface area contributed by atoms with E-state index < -0.39 is 0 Å². The molecule has 2 aromatic carbocycles. The average molecular weight is 422 g/mol. The van der Waals surface area contributed by atoms with Gasteiger partial charge in [0.15, 0.2) is 5.82 Å². The molecule has 30 heavy (non-hydrogen) atoms. The molecule has 4 rings (SSSR count). The summed E-state index contributed by atoms with van der Waals surface area (Å²) in [5, 5.41) is 16.5. The van der Waals surface area contributed by atoms with Crippen molar-refractivity contribution in [3.8, 4) is 16.3 Å². The number of anilines is 1. The van der Waals surface area contributed by atoms with Crippen LogP contribution in [0.4, 0.5) is 5.69 Å². The maximum absolute atomic E-state index is 12.6. The molecule has 8 heteroatoms. The van der Waals surface area contributed by atoms with Gasteiger partial charge >= 0.3 is 0 Å². The zero-order valence-corrected chi connectivity index (χ0v) is 18.2. The summed E-state index contributed by atoms with van der Waals surface area (Å²) in [7, 11) is 0. The Bertz CT molecular complexity index is 1190. The van der Waals surface area contributed by atoms with Crippen LogP contribution in [0.1, 0.15) is 35.6 Å². The van der Waals surface area contributed by atoms with Crippen molar-refractivity contribution in [1.82, 2.24) is 19.8 Å². The van der Waals surface area contributed by atoms with Gasteiger partial charge in [-0.05, 0) is 67.8 Å². The fraction of sp³-hybridized carbons (Fsp3) is 0.273. The van der Waals surface area contributed by atoms with Crippen LogP contribution in [-0.4, -0.2) is 32.3 Å². The van der Waals surface area contributed by atoms with Gasteiger partial charge in [-0.25, -0.2) is 0 Å². The van der Waals surface area contributed by atoms with Crippen LogP contribution >= 0.6 is 11.3 Å². The van der Waals surface area contributed by atoms with Crippen LogP contribution < -0.4 is 10.1 Å². The highest BCUT2D eigenvalue weighted by atomic mass is 32.1. The minimum Gasteiger partial charge on any atom is -0.493 e. The Labute approximate surface area is 178 Å². The number of carbonyl (C=O) groups excluding carboxylic acids is 1. The molecule has 0 saturated heterocycles. The molecule has 7 nitrogen and oxygen atoms in total. The lowest BCUT2D eigenvalue weighted by Crippen LogP contribution is -2.13. The number of rotatable bonds is 6. The summed E-state index contributed by atoms with van der Waals surface area (Å²) in [6.45, 7) is 8.68. The first-order valence-corrected chi connectivity index (χ1v) is 10.6. The predicted octanol–water partition coefficient (Wildman–Crippen LogP) is 4.76. The van der Waals surface area contributed by atoms with Crippen LogP contribution in [0.3, 0.4) is 0 Å². The molecule has 154 valence electrons. The molecular weight excluding hydrogens is 398 g/mol. The Balaban J connectivity index is 1.47. The number of hydrogen-bond donors (Lipinski definition) is 1. The van der Waals surface area contributed by atoms with E-state index >= 15 is 0 Å². The lowest BCUT2D eigenvalue weighted by atomic mass is 10.1. The molecule has 0 spiro atoms. The molecule has 4 aromatic rings. The Morgan fingerprint density at radius 2 is 1.90 bits per heavy atom. The number of benzene rings is 2. The number of aryl methyl sites for hydroxylation is 2. The number of nitrogens with one attached hydrogen (secondary N) is 1. The number of nitrogens with zero attached hydrogens (tertiary/aromatic N) is 4. The maximum atomic E-state index is 12.6. The third-order valence-corrected chi connectivity index (χ3v) is 5.52. The second kappa shape index (κ2) is 8.23. The van der Waals surface area contributed by atoms with E-state index in [1.54, 1.807) is 16.6 Å². The molecule has 1 amide bonds. The van der Waals surface area contributed by atoms with Crippen molar-refractivity contribution in [1.29, 1.82) is 0 Å². The largest absolute Gasteiger partial charge is 0.493 e. The van der Waals surface area contributed by atoms with Gasteiger partial charge in [0.2, 0.25) is 4.96 Å². The molecule has 0 fully saturated rings. The predicted molar refractivity (Wildman–Crippen MR) is 118 cm³/mol. The SMILES string of the molecule is Cc1cc(-c2nn3c(C)nnc3s2)ccc1NC(=O)c1ccc(OCC(C)C)cc1. The zero-order valence-electron chi connectivity index (χ0n) is 17.3. The van der Waals surface area contributed by atoms with Crippen molar-refractivity contribution in [2.45, 2.75) is 27.7 Å². The second-order valence-corrected chi connectivity index (χ2v) is 8.52. The third kappa shape index (κ3) is 4.18. The molecule has 0 aliphatic rings. The van der Waals surface area contributed by atoms with Gasteiger partial charge in [0, 0.05) is 16.8 Å². The van der Waals surface area contributed by atoms with Gasteiger partial charge in [0.1, 0.15) is 10.8 Å². The first-order valence-electron chi connectivity index (χ1n) is 9.75. The van der Waals surface area contributed by atoms with E-state index in [2.05, 4.69) is 34.5 Å². The summed E-state index contributed by atoms with van der Waals surface area (Å²) in [5.41, 5.74) is 3.29. The van der Waals surface area contributed by atoms with E-state index in [0.29, 0.717) is 18.1 Å². The van der Waals surface area contributed by atoms with Gasteiger partial charge in [-0.2, -0.15) is 9.61 Å². The van der Waals surface area contributed by atoms with Crippen molar-refractivity contribution < 1.29 is 9.53 Å². The van der Waals surface area contributed by atoms with Gasteiger partial charge in [0.05, 0.1) is 6.61 Å². The highest BCUT2D eigenvalue weighted by Gasteiger charge is 2.13. The fourth-order valence-electron chi connectivity index (χ4n) is 2.93. The van der Waals surface area contributed by atoms with Crippen LogP contribution in [0.2, 0.25) is 0 Å². The highest BCUT2D eigenvalue weighted by molar-refractivity contribution is 7.19. The molecule has 0 unspecified atom stereocenters. The Hall–Kier alpha value is -3.26. The van der Waals surface area contributed by atoms with Crippen LogP contribution in [0.15, 0.2) is 42.5 Å². The highest BCUT2D eigenvalue weighted by Crippen LogP contribution is 2.29. The molecule has 0 bridgehead atoms. The van der Waals surface area contributed by atoms with Crippen molar-refractivity contribution in [2.24, 2.45) is 5.92 Å². The number of amides is 1. The fourth-order valence-corrected chi connectivity index (χ4v) is 3.81. The molecule has 0 saturated carbocycles. The van der Waals surface area contributed by atoms with Crippen LogP contribution in [0, 0.1) is 19.8 Å². The van der Waals surface area contributed by atoms with Crippen LogP contribution in [-0.2, 0) is 0 Å². The minimum absolute atomic E-state index is 0.157. The molecular formula is C22H23N5O2S. The Morgan fingerprint density at radius 3 is 2.57 bits per heavy atom. The molecule has 2 heterocycles. The van der Waals surface area contributed by atoms with Gasteiger partial charge in [-0.3, -0.25) is 4.79 Å². The Kier molecular flexibility index (Phi) is 5.50. The summed E-state index contributed by atoms with van der Waals surface area (Å²) in [6.07, 6.45) is 0. The molecule has 0 aliphatic heterocycles. The maximum Gasteiger partial charge on any atom is 0.255 e. The van der Waals surface area contributed by atoms with Crippen LogP contribution in [0.25, 0.3) is 15.5 Å². The molecule has 0 radical (unpaired) electrons. The number of ether oxygens (including phenoxy) is 1. The van der Waals surface area contributed by atoms with Gasteiger partial charge < -0.3 is 10.1 Å². The second-order valence-electron chi connectivity index (χ2n) is 7.56. The molecule has 0 aliphatic carbocycles. The minimum atomic E-state index is -0.157. The van der Waals surface area contributed by atoms with Crippen LogP contribution in [0.5, 0.6) is 5.75 Å². The summed E-state index contributed by atoms with van der Waals surface area (Å²) in [5.74, 6) is 1.82. The van der Waals surface area contributed by atoms with Gasteiger partial charge in [0.25, 0.3) is 5.91 Å². The summed E-state index contributed by atoms with van der Waals surface area (Å²) in [6, 6.07) is 13.1. The van der Waals surface area contributed by atoms with Crippen molar-refractivity contribution in [2.75, 3.05) is 11.9 Å². The quantitative estimate of drug-likeness (QED) is 0.486. The summed E-state index contributed by atoms with van der Waals surface area (Å²) < 4.78 is 7.41. The number of fused-ring (bicyclic) bond motifs is 1. The average Bonchev–Trinajstić information content (AvgIpc) is 3.30. The lowest BCUT2D eigenvalue weighted by molar-refractivity contribution is 0.102. The topological polar surface area (TPSA) is 81.4 Å². The Morgan fingerprint density at radius 1 is 1.13 bits per heavy atom. The lowest BCUT2D eigenvalue weighted by Gasteiger charge is -2.11. The van der Waals surface area contributed by atoms with Crippen molar-refractivity contribution >= 4 is 27.9 Å². The third-order valence-electron chi connectivity index (χ3n) is 4.57. The molecule has 0 atom stereocenters. The van der Waals surface area contributed by atoms with Crippen molar-refractivity contribution in [3.63, 3.8) is 0 Å². The number of hydrogen-bond acceptors (Lipinski definition) is 6. The van der Waals surface area contributed by atoms with Gasteiger partial charge in [-0.1, -0.05) is 25.2 Å². The van der Waals surface area contributed by atoms with E-state index in [-0.39, 0.29) is 5.91 Å². The van der Waals surface area contributed by atoms with Gasteiger partial charge in [-0.15, -0.1) is 10.2 Å². The first-order chi connectivity index (χ1) is 14.4. The normalized spacial score (nSPS) is 11.2. The molecule has 1 N–H and O–H groups in total. The van der Waals surface area contributed by atoms with E-state index in [1.807, 2.05) is 44.2 Å². The monoisotopic (exact) mass is 421 g/mol. The standard InChI is InChI=1S/C22H23N5O2S/c1-13(2)12-29-18-8-5-16(6-9-18)20(28)23-19-10-7-17(11-14(19)3)21-26-27-15(4)24-25-22(27)30-21/h5-11,13H,12H2,1-4H3,(H,23,28). The number of aromatic nitrogens is 4. The zero-order chi connectivity index (χ0) is 21.3. The molecule has 2 aromatic heterocycles. The smallest absolute Gasteiger partial charge is 0.255 e. The van der Waals surface area contributed by atoms with E-state index in [9.17, 15) is 4.79 Å².